The number of likely N-dealkylation sites (N-methyl/N-ethyl adjacent to an activating group) is 2. The lowest BCUT2D eigenvalue weighted by atomic mass is 9.87. The van der Waals surface area contributed by atoms with Crippen LogP contribution in [0, 0.1) is 5.92 Å². The molecule has 0 aromatic rings. The number of carbonyl (C=O) groups is 2. The van der Waals surface area contributed by atoms with E-state index in [4.69, 9.17) is 0 Å². The summed E-state index contributed by atoms with van der Waals surface area (Å²) < 4.78 is 0. The predicted molar refractivity (Wildman–Crippen MR) is 108 cm³/mol. The first-order chi connectivity index (χ1) is 10.8. The van der Waals surface area contributed by atoms with E-state index in [-0.39, 0.29) is 48.9 Å². The van der Waals surface area contributed by atoms with Gasteiger partial charge in [-0.1, -0.05) is 19.8 Å². The second-order valence-electron chi connectivity index (χ2n) is 6.71. The molecule has 1 fully saturated rings. The molecule has 140 valence electrons. The minimum Gasteiger partial charge on any atom is -0.354 e. The lowest BCUT2D eigenvalue weighted by molar-refractivity contribution is -0.127. The number of halogens is 1. The van der Waals surface area contributed by atoms with Gasteiger partial charge in [-0.05, 0) is 18.8 Å². The molecule has 24 heavy (non-hydrogen) atoms. The molecule has 0 aromatic heterocycles. The van der Waals surface area contributed by atoms with Crippen LogP contribution < -0.4 is 10.6 Å². The molecule has 1 rings (SSSR count). The highest BCUT2D eigenvalue weighted by atomic mass is 127. The highest BCUT2D eigenvalue weighted by Gasteiger charge is 2.20. The minimum absolute atomic E-state index is 0. The summed E-state index contributed by atoms with van der Waals surface area (Å²) in [4.78, 5) is 30.8. The zero-order valence-corrected chi connectivity index (χ0v) is 17.8. The fraction of sp³-hybridized carbons (Fsp3) is 0.812. The highest BCUT2D eigenvalue weighted by molar-refractivity contribution is 14.0. The Morgan fingerprint density at radius 3 is 2.25 bits per heavy atom. The molecule has 0 saturated heterocycles. The van der Waals surface area contributed by atoms with Crippen LogP contribution in [0.3, 0.4) is 0 Å². The summed E-state index contributed by atoms with van der Waals surface area (Å²) in [5.41, 5.74) is 0. The van der Waals surface area contributed by atoms with Crippen molar-refractivity contribution in [1.82, 2.24) is 20.4 Å². The number of hydrogen-bond donors (Lipinski definition) is 2. The van der Waals surface area contributed by atoms with Gasteiger partial charge in [0, 0.05) is 34.2 Å². The van der Waals surface area contributed by atoms with E-state index in [1.807, 2.05) is 0 Å². The van der Waals surface area contributed by atoms with Gasteiger partial charge >= 0.3 is 0 Å². The lowest BCUT2D eigenvalue weighted by Crippen LogP contribution is -2.48. The number of aliphatic imine (C=N–C) groups is 1. The zero-order chi connectivity index (χ0) is 17.4. The molecule has 7 nitrogen and oxygen atoms in total. The average molecular weight is 453 g/mol. The average Bonchev–Trinajstić information content (AvgIpc) is 2.48. The summed E-state index contributed by atoms with van der Waals surface area (Å²) in [6.45, 7) is 2.49. The fourth-order valence-corrected chi connectivity index (χ4v) is 2.52. The van der Waals surface area contributed by atoms with E-state index < -0.39 is 0 Å². The van der Waals surface area contributed by atoms with Gasteiger partial charge in [-0.15, -0.1) is 24.0 Å². The molecular formula is C16H32IN5O2. The largest absolute Gasteiger partial charge is 0.354 e. The van der Waals surface area contributed by atoms with Crippen molar-refractivity contribution in [3.63, 3.8) is 0 Å². The van der Waals surface area contributed by atoms with Crippen molar-refractivity contribution in [1.29, 1.82) is 0 Å². The van der Waals surface area contributed by atoms with Crippen molar-refractivity contribution in [3.8, 4) is 0 Å². The van der Waals surface area contributed by atoms with Crippen LogP contribution >= 0.6 is 24.0 Å². The van der Waals surface area contributed by atoms with Gasteiger partial charge in [0.25, 0.3) is 0 Å². The molecule has 0 spiro atoms. The maximum Gasteiger partial charge on any atom is 0.243 e. The number of guanidine groups is 1. The fourth-order valence-electron chi connectivity index (χ4n) is 2.52. The van der Waals surface area contributed by atoms with Gasteiger partial charge in [0.2, 0.25) is 11.8 Å². The second kappa shape index (κ2) is 11.5. The number of hydrogen-bond acceptors (Lipinski definition) is 3. The third-order valence-corrected chi connectivity index (χ3v) is 4.05. The molecule has 2 N–H and O–H groups in total. The van der Waals surface area contributed by atoms with Crippen LogP contribution in [0.25, 0.3) is 0 Å². The standard InChI is InChI=1S/C16H31N5O2.HI/c1-12-7-6-8-13(9-12)19-16(17-10-14(22)20(2)3)18-11-15(23)21(4)5;/h12-13H,6-11H2,1-5H3,(H2,17,18,19);1H. The molecule has 2 amide bonds. The Morgan fingerprint density at radius 2 is 1.71 bits per heavy atom. The van der Waals surface area contributed by atoms with Gasteiger partial charge in [-0.3, -0.25) is 9.59 Å². The van der Waals surface area contributed by atoms with Gasteiger partial charge in [0.1, 0.15) is 6.54 Å². The van der Waals surface area contributed by atoms with Crippen molar-refractivity contribution in [3.05, 3.63) is 0 Å². The Bertz CT molecular complexity index is 440. The van der Waals surface area contributed by atoms with E-state index in [2.05, 4.69) is 22.5 Å². The summed E-state index contributed by atoms with van der Waals surface area (Å²) in [7, 11) is 6.84. The second-order valence-corrected chi connectivity index (χ2v) is 6.71. The first-order valence-electron chi connectivity index (χ1n) is 8.24. The Kier molecular flexibility index (Phi) is 11.0. The monoisotopic (exact) mass is 453 g/mol. The van der Waals surface area contributed by atoms with Crippen LogP contribution in [0.1, 0.15) is 32.6 Å². The van der Waals surface area contributed by atoms with E-state index in [0.717, 1.165) is 12.8 Å². The van der Waals surface area contributed by atoms with Crippen molar-refractivity contribution in [2.75, 3.05) is 41.3 Å². The predicted octanol–water partition coefficient (Wildman–Crippen LogP) is 0.895. The molecule has 1 aliphatic rings. The van der Waals surface area contributed by atoms with Gasteiger partial charge in [0.05, 0.1) is 6.54 Å². The Balaban J connectivity index is 0.00000529. The van der Waals surface area contributed by atoms with Crippen LogP contribution in [0.4, 0.5) is 0 Å². The van der Waals surface area contributed by atoms with E-state index in [0.29, 0.717) is 17.9 Å². The maximum absolute atomic E-state index is 11.7. The van der Waals surface area contributed by atoms with Crippen molar-refractivity contribution >= 4 is 41.8 Å². The van der Waals surface area contributed by atoms with E-state index in [1.165, 1.54) is 22.6 Å². The van der Waals surface area contributed by atoms with Crippen molar-refractivity contribution in [2.45, 2.75) is 38.6 Å². The topological polar surface area (TPSA) is 77.0 Å². The third kappa shape index (κ3) is 8.70. The number of nitrogens with one attached hydrogen (secondary N) is 2. The van der Waals surface area contributed by atoms with E-state index in [1.54, 1.807) is 28.2 Å². The quantitative estimate of drug-likeness (QED) is 0.369. The van der Waals surface area contributed by atoms with Crippen LogP contribution in [0.15, 0.2) is 4.99 Å². The summed E-state index contributed by atoms with van der Waals surface area (Å²) >= 11 is 0. The number of amides is 2. The number of nitrogens with zero attached hydrogens (tertiary/aromatic N) is 3. The molecule has 0 bridgehead atoms. The minimum atomic E-state index is -0.0675. The smallest absolute Gasteiger partial charge is 0.243 e. The SMILES string of the molecule is CC1CCCC(NC(=NCC(=O)N(C)C)NCC(=O)N(C)C)C1.I. The molecule has 0 heterocycles. The Morgan fingerprint density at radius 1 is 1.08 bits per heavy atom. The number of carbonyl (C=O) groups excluding carboxylic acids is 2. The normalized spacial score (nSPS) is 20.6. The summed E-state index contributed by atoms with van der Waals surface area (Å²) in [6.07, 6.45) is 4.63. The van der Waals surface area contributed by atoms with Crippen molar-refractivity contribution in [2.24, 2.45) is 10.9 Å². The summed E-state index contributed by atoms with van der Waals surface area (Å²) in [5, 5.41) is 6.41. The molecule has 0 aromatic carbocycles. The van der Waals surface area contributed by atoms with Crippen LogP contribution in [-0.4, -0.2) is 74.9 Å². The lowest BCUT2D eigenvalue weighted by Gasteiger charge is -2.29. The van der Waals surface area contributed by atoms with Gasteiger partial charge < -0.3 is 20.4 Å². The molecule has 2 atom stereocenters. The summed E-state index contributed by atoms with van der Waals surface area (Å²) in [6, 6.07) is 0.342. The van der Waals surface area contributed by atoms with Gasteiger partial charge in [-0.25, -0.2) is 4.99 Å². The molecule has 2 unspecified atom stereocenters. The van der Waals surface area contributed by atoms with Crippen LogP contribution in [0.5, 0.6) is 0 Å². The molecular weight excluding hydrogens is 421 g/mol. The van der Waals surface area contributed by atoms with Gasteiger partial charge in [0.15, 0.2) is 5.96 Å². The van der Waals surface area contributed by atoms with Crippen LogP contribution in [0.2, 0.25) is 0 Å². The third-order valence-electron chi connectivity index (χ3n) is 4.05. The van der Waals surface area contributed by atoms with E-state index in [9.17, 15) is 9.59 Å². The highest BCUT2D eigenvalue weighted by Crippen LogP contribution is 2.23. The number of rotatable bonds is 5. The zero-order valence-electron chi connectivity index (χ0n) is 15.5. The summed E-state index contributed by atoms with van der Waals surface area (Å²) in [5.74, 6) is 1.13. The Labute approximate surface area is 162 Å². The molecule has 0 aliphatic heterocycles. The van der Waals surface area contributed by atoms with Crippen molar-refractivity contribution < 1.29 is 9.59 Å². The first kappa shape index (κ1) is 22.9. The molecule has 1 saturated carbocycles. The molecule has 0 radical (unpaired) electrons. The maximum atomic E-state index is 11.7. The van der Waals surface area contributed by atoms with Gasteiger partial charge in [-0.2, -0.15) is 0 Å². The Hall–Kier alpha value is -1.06. The first-order valence-corrected chi connectivity index (χ1v) is 8.24. The van der Waals surface area contributed by atoms with E-state index >= 15 is 0 Å². The molecule has 1 aliphatic carbocycles. The van der Waals surface area contributed by atoms with Crippen LogP contribution in [-0.2, 0) is 9.59 Å². The molecule has 8 heteroatoms.